The van der Waals surface area contributed by atoms with Crippen molar-refractivity contribution in [2.24, 2.45) is 0 Å². The van der Waals surface area contributed by atoms with Crippen LogP contribution in [0.15, 0.2) is 89.5 Å². The number of carbonyl (C=O) groups excluding carboxylic acids is 2. The summed E-state index contributed by atoms with van der Waals surface area (Å²) in [5.74, 6) is -0.930. The standard InChI is InChI=1S/C27H25NO6S/c1-3-17-28-25(26(30)20-9-5-4-6-10-20)27(22-11-7-8-12-23(22)35(28,31)32)34-24(29)18-33-21-15-13-19(2)14-16-21/h4-16H,3,17-18H2,1-2H3. The van der Waals surface area contributed by atoms with E-state index in [1.165, 1.54) is 12.1 Å². The van der Waals surface area contributed by atoms with E-state index in [9.17, 15) is 18.0 Å². The third-order valence-electron chi connectivity index (χ3n) is 5.44. The Morgan fingerprint density at radius 3 is 2.23 bits per heavy atom. The van der Waals surface area contributed by atoms with E-state index in [1.54, 1.807) is 54.6 Å². The fraction of sp³-hybridized carbons (Fsp3) is 0.185. The molecule has 180 valence electrons. The molecule has 0 aromatic heterocycles. The molecule has 1 aliphatic heterocycles. The van der Waals surface area contributed by atoms with E-state index in [0.29, 0.717) is 12.2 Å². The Morgan fingerprint density at radius 1 is 0.886 bits per heavy atom. The van der Waals surface area contributed by atoms with E-state index in [0.717, 1.165) is 9.87 Å². The number of hydrogen-bond donors (Lipinski definition) is 0. The highest BCUT2D eigenvalue weighted by molar-refractivity contribution is 7.89. The number of fused-ring (bicyclic) bond motifs is 1. The third-order valence-corrected chi connectivity index (χ3v) is 7.29. The van der Waals surface area contributed by atoms with Gasteiger partial charge in [0.15, 0.2) is 12.4 Å². The number of carbonyl (C=O) groups is 2. The van der Waals surface area contributed by atoms with Crippen LogP contribution < -0.4 is 4.74 Å². The largest absolute Gasteiger partial charge is 0.482 e. The van der Waals surface area contributed by atoms with Crippen molar-refractivity contribution in [3.63, 3.8) is 0 Å². The maximum absolute atomic E-state index is 13.6. The number of aryl methyl sites for hydroxylation is 1. The van der Waals surface area contributed by atoms with Crippen molar-refractivity contribution in [1.29, 1.82) is 0 Å². The number of esters is 1. The average molecular weight is 492 g/mol. The van der Waals surface area contributed by atoms with Crippen LogP contribution in [0.1, 0.15) is 34.8 Å². The Labute approximate surface area is 204 Å². The maximum Gasteiger partial charge on any atom is 0.349 e. The molecule has 0 saturated heterocycles. The first-order valence-electron chi connectivity index (χ1n) is 11.2. The molecule has 3 aromatic rings. The van der Waals surface area contributed by atoms with Crippen molar-refractivity contribution in [3.8, 4) is 5.75 Å². The van der Waals surface area contributed by atoms with Crippen LogP contribution in [0, 0.1) is 6.92 Å². The van der Waals surface area contributed by atoms with Crippen molar-refractivity contribution < 1.29 is 27.5 Å². The fourth-order valence-corrected chi connectivity index (χ4v) is 5.52. The molecule has 0 amide bonds. The first-order valence-corrected chi connectivity index (χ1v) is 12.6. The van der Waals surface area contributed by atoms with Gasteiger partial charge >= 0.3 is 5.97 Å². The maximum atomic E-state index is 13.6. The number of ether oxygens (including phenoxy) is 2. The Balaban J connectivity index is 1.78. The van der Waals surface area contributed by atoms with Gasteiger partial charge in [0.2, 0.25) is 5.78 Å². The van der Waals surface area contributed by atoms with Crippen LogP contribution in [0.2, 0.25) is 0 Å². The Morgan fingerprint density at radius 2 is 1.54 bits per heavy atom. The highest BCUT2D eigenvalue weighted by atomic mass is 32.2. The molecule has 0 bridgehead atoms. The molecular formula is C27H25NO6S. The zero-order chi connectivity index (χ0) is 25.0. The van der Waals surface area contributed by atoms with Crippen LogP contribution >= 0.6 is 0 Å². The van der Waals surface area contributed by atoms with Crippen LogP contribution in [0.5, 0.6) is 5.75 Å². The van der Waals surface area contributed by atoms with Crippen LogP contribution in [0.25, 0.3) is 5.76 Å². The minimum atomic E-state index is -4.04. The summed E-state index contributed by atoms with van der Waals surface area (Å²) < 4.78 is 39.2. The second-order valence-electron chi connectivity index (χ2n) is 8.02. The zero-order valence-corrected chi connectivity index (χ0v) is 20.2. The summed E-state index contributed by atoms with van der Waals surface area (Å²) in [4.78, 5) is 26.4. The lowest BCUT2D eigenvalue weighted by Gasteiger charge is -2.32. The predicted molar refractivity (Wildman–Crippen MR) is 131 cm³/mol. The van der Waals surface area contributed by atoms with Gasteiger partial charge in [0.1, 0.15) is 11.4 Å². The zero-order valence-electron chi connectivity index (χ0n) is 19.4. The molecule has 3 aromatic carbocycles. The second-order valence-corrected chi connectivity index (χ2v) is 9.85. The smallest absolute Gasteiger partial charge is 0.349 e. The number of nitrogens with zero attached hydrogens (tertiary/aromatic N) is 1. The minimum absolute atomic E-state index is 0.0275. The lowest BCUT2D eigenvalue weighted by atomic mass is 10.0. The topological polar surface area (TPSA) is 90.0 Å². The van der Waals surface area contributed by atoms with Gasteiger partial charge in [-0.15, -0.1) is 0 Å². The lowest BCUT2D eigenvalue weighted by Crippen LogP contribution is -2.39. The van der Waals surface area contributed by atoms with Crippen LogP contribution in [-0.2, 0) is 19.6 Å². The molecule has 35 heavy (non-hydrogen) atoms. The number of hydrogen-bond acceptors (Lipinski definition) is 6. The van der Waals surface area contributed by atoms with Gasteiger partial charge in [0.05, 0.1) is 4.90 Å². The van der Waals surface area contributed by atoms with E-state index < -0.39 is 28.4 Å². The Bertz CT molecular complexity index is 1380. The van der Waals surface area contributed by atoms with Gasteiger partial charge in [0, 0.05) is 17.7 Å². The number of sulfonamides is 1. The molecule has 1 heterocycles. The number of allylic oxidation sites excluding steroid dienone is 1. The van der Waals surface area contributed by atoms with Gasteiger partial charge in [-0.05, 0) is 37.6 Å². The summed E-state index contributed by atoms with van der Waals surface area (Å²) in [5, 5.41) is 0. The molecule has 0 unspecified atom stereocenters. The molecule has 0 spiro atoms. The summed E-state index contributed by atoms with van der Waals surface area (Å²) in [7, 11) is -4.04. The molecule has 0 aliphatic carbocycles. The lowest BCUT2D eigenvalue weighted by molar-refractivity contribution is -0.139. The first kappa shape index (κ1) is 24.2. The van der Waals surface area contributed by atoms with Crippen molar-refractivity contribution in [3.05, 3.63) is 101 Å². The van der Waals surface area contributed by atoms with Gasteiger partial charge in [-0.2, -0.15) is 0 Å². The predicted octanol–water partition coefficient (Wildman–Crippen LogP) is 4.58. The second kappa shape index (κ2) is 10.1. The SMILES string of the molecule is CCCN1C(C(=O)c2ccccc2)=C(OC(=O)COc2ccc(C)cc2)c2ccccc2S1(=O)=O. The van der Waals surface area contributed by atoms with Gasteiger partial charge in [-0.25, -0.2) is 13.2 Å². The van der Waals surface area contributed by atoms with E-state index in [-0.39, 0.29) is 34.0 Å². The summed E-state index contributed by atoms with van der Waals surface area (Å²) in [5.41, 5.74) is 1.29. The highest BCUT2D eigenvalue weighted by Crippen LogP contribution is 2.39. The van der Waals surface area contributed by atoms with Crippen molar-refractivity contribution >= 4 is 27.5 Å². The average Bonchev–Trinajstić information content (AvgIpc) is 2.87. The molecule has 0 N–H and O–H groups in total. The van der Waals surface area contributed by atoms with E-state index in [2.05, 4.69) is 0 Å². The minimum Gasteiger partial charge on any atom is -0.482 e. The van der Waals surface area contributed by atoms with Crippen molar-refractivity contribution in [1.82, 2.24) is 4.31 Å². The summed E-state index contributed by atoms with van der Waals surface area (Å²) in [6.45, 7) is 3.38. The summed E-state index contributed by atoms with van der Waals surface area (Å²) >= 11 is 0. The van der Waals surface area contributed by atoms with Gasteiger partial charge in [-0.3, -0.25) is 9.10 Å². The Hall–Kier alpha value is -3.91. The molecule has 8 heteroatoms. The van der Waals surface area contributed by atoms with Crippen LogP contribution in [0.4, 0.5) is 0 Å². The normalized spacial score (nSPS) is 14.3. The van der Waals surface area contributed by atoms with Gasteiger partial charge in [0.25, 0.3) is 10.0 Å². The molecule has 0 fully saturated rings. The number of benzene rings is 3. The number of Topliss-reactive ketones (excluding diaryl/α,β-unsaturated/α-hetero) is 1. The quantitative estimate of drug-likeness (QED) is 0.338. The Kier molecular flexibility index (Phi) is 7.02. The van der Waals surface area contributed by atoms with Crippen LogP contribution in [0.3, 0.4) is 0 Å². The summed E-state index contributed by atoms with van der Waals surface area (Å²) in [6.07, 6.45) is 0.449. The number of rotatable bonds is 8. The molecule has 7 nitrogen and oxygen atoms in total. The van der Waals surface area contributed by atoms with E-state index >= 15 is 0 Å². The highest BCUT2D eigenvalue weighted by Gasteiger charge is 2.41. The first-order chi connectivity index (χ1) is 16.8. The van der Waals surface area contributed by atoms with Crippen LogP contribution in [-0.4, -0.2) is 37.6 Å². The van der Waals surface area contributed by atoms with E-state index in [1.807, 2.05) is 26.0 Å². The summed E-state index contributed by atoms with van der Waals surface area (Å²) in [6, 6.07) is 21.7. The number of ketones is 1. The monoisotopic (exact) mass is 491 g/mol. The fourth-order valence-electron chi connectivity index (χ4n) is 3.76. The van der Waals surface area contributed by atoms with Gasteiger partial charge < -0.3 is 9.47 Å². The molecule has 0 saturated carbocycles. The van der Waals surface area contributed by atoms with E-state index in [4.69, 9.17) is 9.47 Å². The molecular weight excluding hydrogens is 466 g/mol. The third kappa shape index (κ3) is 4.97. The van der Waals surface area contributed by atoms with Gasteiger partial charge in [-0.1, -0.05) is 67.1 Å². The molecule has 1 aliphatic rings. The van der Waals surface area contributed by atoms with Crippen molar-refractivity contribution in [2.75, 3.05) is 13.2 Å². The van der Waals surface area contributed by atoms with Crippen molar-refractivity contribution in [2.45, 2.75) is 25.2 Å². The molecule has 4 rings (SSSR count). The molecule has 0 radical (unpaired) electrons. The molecule has 0 atom stereocenters.